The molecule has 3 rings (SSSR count). The first-order valence-electron chi connectivity index (χ1n) is 9.09. The van der Waals surface area contributed by atoms with Crippen molar-refractivity contribution < 1.29 is 17.6 Å². The molecule has 1 amide bonds. The van der Waals surface area contributed by atoms with Crippen molar-refractivity contribution in [3.8, 4) is 0 Å². The van der Waals surface area contributed by atoms with E-state index >= 15 is 0 Å². The van der Waals surface area contributed by atoms with Gasteiger partial charge < -0.3 is 0 Å². The van der Waals surface area contributed by atoms with E-state index in [9.17, 15) is 17.6 Å². The summed E-state index contributed by atoms with van der Waals surface area (Å²) in [6.45, 7) is 2.69. The van der Waals surface area contributed by atoms with Crippen molar-refractivity contribution in [1.29, 1.82) is 0 Å². The summed E-state index contributed by atoms with van der Waals surface area (Å²) in [4.78, 5) is 12.5. The molecule has 0 radical (unpaired) electrons. The predicted octanol–water partition coefficient (Wildman–Crippen LogP) is 3.15. The van der Waals surface area contributed by atoms with Crippen molar-refractivity contribution in [3.63, 3.8) is 0 Å². The van der Waals surface area contributed by atoms with Crippen LogP contribution < -0.4 is 5.43 Å². The molecular weight excluding hydrogens is 381 g/mol. The second-order valence-corrected chi connectivity index (χ2v) is 8.58. The molecule has 2 aromatic rings. The van der Waals surface area contributed by atoms with Crippen LogP contribution in [0.3, 0.4) is 0 Å². The maximum atomic E-state index is 13.0. The Labute approximate surface area is 164 Å². The number of hydrogen-bond donors (Lipinski definition) is 1. The van der Waals surface area contributed by atoms with Gasteiger partial charge in [0.25, 0.3) is 5.91 Å². The van der Waals surface area contributed by atoms with Gasteiger partial charge in [0.1, 0.15) is 5.82 Å². The highest BCUT2D eigenvalue weighted by Gasteiger charge is 2.26. The van der Waals surface area contributed by atoms with Gasteiger partial charge >= 0.3 is 0 Å². The van der Waals surface area contributed by atoms with Gasteiger partial charge in [0, 0.05) is 18.7 Å². The van der Waals surface area contributed by atoms with Crippen LogP contribution >= 0.6 is 0 Å². The van der Waals surface area contributed by atoms with Gasteiger partial charge in [-0.1, -0.05) is 24.6 Å². The highest BCUT2D eigenvalue weighted by molar-refractivity contribution is 7.89. The van der Waals surface area contributed by atoms with Crippen LogP contribution in [0.25, 0.3) is 0 Å². The fourth-order valence-corrected chi connectivity index (χ4v) is 4.57. The monoisotopic (exact) mass is 403 g/mol. The lowest BCUT2D eigenvalue weighted by atomic mass is 10.1. The summed E-state index contributed by atoms with van der Waals surface area (Å²) in [6, 6.07) is 11.7. The Balaban J connectivity index is 1.75. The maximum Gasteiger partial charge on any atom is 0.271 e. The summed E-state index contributed by atoms with van der Waals surface area (Å²) in [5.74, 6) is -0.871. The molecule has 0 aliphatic carbocycles. The minimum Gasteiger partial charge on any atom is -0.267 e. The largest absolute Gasteiger partial charge is 0.271 e. The molecule has 28 heavy (non-hydrogen) atoms. The highest BCUT2D eigenvalue weighted by atomic mass is 32.2. The quantitative estimate of drug-likeness (QED) is 0.615. The SMILES string of the molecule is CC(=NNC(=O)c1cccc(S(=O)(=O)N2CCCCC2)c1)c1ccc(F)cc1. The van der Waals surface area contributed by atoms with E-state index in [-0.39, 0.29) is 16.3 Å². The summed E-state index contributed by atoms with van der Waals surface area (Å²) in [6.07, 6.45) is 2.72. The van der Waals surface area contributed by atoms with Crippen molar-refractivity contribution in [3.05, 3.63) is 65.5 Å². The number of halogens is 1. The number of nitrogens with one attached hydrogen (secondary N) is 1. The van der Waals surface area contributed by atoms with Gasteiger partial charge in [-0.2, -0.15) is 9.41 Å². The minimum atomic E-state index is -3.61. The molecule has 6 nitrogen and oxygen atoms in total. The molecule has 0 saturated carbocycles. The van der Waals surface area contributed by atoms with E-state index in [0.29, 0.717) is 24.4 Å². The number of hydrogen-bond acceptors (Lipinski definition) is 4. The third-order valence-corrected chi connectivity index (χ3v) is 6.53. The molecule has 1 heterocycles. The van der Waals surface area contributed by atoms with Crippen molar-refractivity contribution in [1.82, 2.24) is 9.73 Å². The fraction of sp³-hybridized carbons (Fsp3) is 0.300. The fourth-order valence-electron chi connectivity index (χ4n) is 3.01. The zero-order valence-corrected chi connectivity index (χ0v) is 16.4. The Bertz CT molecular complexity index is 982. The zero-order chi connectivity index (χ0) is 20.1. The van der Waals surface area contributed by atoms with E-state index in [1.807, 2.05) is 0 Å². The van der Waals surface area contributed by atoms with Gasteiger partial charge in [-0.25, -0.2) is 18.2 Å². The molecule has 8 heteroatoms. The lowest BCUT2D eigenvalue weighted by Crippen LogP contribution is -2.35. The number of hydrazone groups is 1. The summed E-state index contributed by atoms with van der Waals surface area (Å²) >= 11 is 0. The molecule has 0 atom stereocenters. The number of amides is 1. The molecule has 1 aliphatic heterocycles. The summed E-state index contributed by atoms with van der Waals surface area (Å²) < 4.78 is 40.0. The first-order chi connectivity index (χ1) is 13.4. The number of benzene rings is 2. The Kier molecular flexibility index (Phi) is 6.21. The molecule has 0 spiro atoms. The van der Waals surface area contributed by atoms with E-state index < -0.39 is 15.9 Å². The van der Waals surface area contributed by atoms with Crippen LogP contribution in [-0.4, -0.2) is 37.4 Å². The molecule has 0 aromatic heterocycles. The second kappa shape index (κ2) is 8.62. The van der Waals surface area contributed by atoms with E-state index in [4.69, 9.17) is 0 Å². The second-order valence-electron chi connectivity index (χ2n) is 6.64. The van der Waals surface area contributed by atoms with Crippen molar-refractivity contribution in [2.24, 2.45) is 5.10 Å². The molecule has 1 saturated heterocycles. The van der Waals surface area contributed by atoms with Gasteiger partial charge in [0.05, 0.1) is 10.6 Å². The predicted molar refractivity (Wildman–Crippen MR) is 105 cm³/mol. The van der Waals surface area contributed by atoms with Crippen LogP contribution in [0.15, 0.2) is 58.5 Å². The molecular formula is C20H22FN3O3S. The van der Waals surface area contributed by atoms with Gasteiger partial charge in [0.2, 0.25) is 10.0 Å². The Morgan fingerprint density at radius 3 is 2.39 bits per heavy atom. The van der Waals surface area contributed by atoms with Crippen molar-refractivity contribution in [2.45, 2.75) is 31.1 Å². The molecule has 2 aromatic carbocycles. The van der Waals surface area contributed by atoms with E-state index in [2.05, 4.69) is 10.5 Å². The Morgan fingerprint density at radius 1 is 1.04 bits per heavy atom. The topological polar surface area (TPSA) is 78.8 Å². The molecule has 1 fully saturated rings. The Morgan fingerprint density at radius 2 is 1.71 bits per heavy atom. The average Bonchev–Trinajstić information content (AvgIpc) is 2.73. The number of piperidine rings is 1. The van der Waals surface area contributed by atoms with Gasteiger partial charge in [-0.3, -0.25) is 4.79 Å². The number of sulfonamides is 1. The highest BCUT2D eigenvalue weighted by Crippen LogP contribution is 2.21. The number of rotatable bonds is 5. The minimum absolute atomic E-state index is 0.0984. The van der Waals surface area contributed by atoms with Crippen LogP contribution in [0, 0.1) is 5.82 Å². The van der Waals surface area contributed by atoms with Crippen LogP contribution in [0.2, 0.25) is 0 Å². The average molecular weight is 403 g/mol. The smallest absolute Gasteiger partial charge is 0.267 e. The van der Waals surface area contributed by atoms with Gasteiger partial charge in [0.15, 0.2) is 0 Å². The molecule has 148 valence electrons. The molecule has 0 bridgehead atoms. The number of nitrogens with zero attached hydrogens (tertiary/aromatic N) is 2. The number of carbonyl (C=O) groups excluding carboxylic acids is 1. The third-order valence-electron chi connectivity index (χ3n) is 4.64. The standard InChI is InChI=1S/C20H22FN3O3S/c1-15(16-8-10-18(21)11-9-16)22-23-20(25)17-6-5-7-19(14-17)28(26,27)24-12-3-2-4-13-24/h5-11,14H,2-4,12-13H2,1H3,(H,23,25). The van der Waals surface area contributed by atoms with E-state index in [1.54, 1.807) is 25.1 Å². The van der Waals surface area contributed by atoms with Crippen LogP contribution in [0.1, 0.15) is 42.1 Å². The summed E-state index contributed by atoms with van der Waals surface area (Å²) in [5, 5.41) is 4.02. The number of carbonyl (C=O) groups is 1. The summed E-state index contributed by atoms with van der Waals surface area (Å²) in [5.41, 5.74) is 3.79. The summed E-state index contributed by atoms with van der Waals surface area (Å²) in [7, 11) is -3.61. The van der Waals surface area contributed by atoms with Crippen LogP contribution in [0.5, 0.6) is 0 Å². The normalized spacial score (nSPS) is 16.0. The maximum absolute atomic E-state index is 13.0. The lowest BCUT2D eigenvalue weighted by Gasteiger charge is -2.25. The van der Waals surface area contributed by atoms with E-state index in [0.717, 1.165) is 19.3 Å². The third kappa shape index (κ3) is 4.63. The zero-order valence-electron chi connectivity index (χ0n) is 15.6. The molecule has 1 N–H and O–H groups in total. The van der Waals surface area contributed by atoms with Gasteiger partial charge in [-0.15, -0.1) is 0 Å². The van der Waals surface area contributed by atoms with Crippen molar-refractivity contribution in [2.75, 3.05) is 13.1 Å². The van der Waals surface area contributed by atoms with Gasteiger partial charge in [-0.05, 0) is 55.7 Å². The lowest BCUT2D eigenvalue weighted by molar-refractivity contribution is 0.0954. The van der Waals surface area contributed by atoms with Crippen LogP contribution in [-0.2, 0) is 10.0 Å². The Hall–Kier alpha value is -2.58. The molecule has 1 aliphatic rings. The first kappa shape index (κ1) is 20.2. The first-order valence-corrected chi connectivity index (χ1v) is 10.5. The van der Waals surface area contributed by atoms with E-state index in [1.165, 1.54) is 34.6 Å². The molecule has 0 unspecified atom stereocenters. The van der Waals surface area contributed by atoms with Crippen LogP contribution in [0.4, 0.5) is 4.39 Å². The van der Waals surface area contributed by atoms with Crippen molar-refractivity contribution >= 4 is 21.6 Å².